The number of halogens is 2. The van der Waals surface area contributed by atoms with Gasteiger partial charge in [-0.25, -0.2) is 4.99 Å². The fraction of sp³-hybridized carbons (Fsp3) is 0.611. The van der Waals surface area contributed by atoms with Crippen molar-refractivity contribution in [1.82, 2.24) is 10.6 Å². The first-order valence-corrected chi connectivity index (χ1v) is 8.81. The van der Waals surface area contributed by atoms with Crippen LogP contribution in [0.25, 0.3) is 0 Å². The van der Waals surface area contributed by atoms with Gasteiger partial charge in [-0.05, 0) is 43.2 Å². The average Bonchev–Trinajstić information content (AvgIpc) is 2.51. The first-order valence-electron chi connectivity index (χ1n) is 8.43. The molecule has 3 N–H and O–H groups in total. The second kappa shape index (κ2) is 13.7. The summed E-state index contributed by atoms with van der Waals surface area (Å²) in [6.45, 7) is 8.86. The van der Waals surface area contributed by atoms with E-state index >= 15 is 0 Å². The Morgan fingerprint density at radius 2 is 1.96 bits per heavy atom. The lowest BCUT2D eigenvalue weighted by Crippen LogP contribution is -2.40. The zero-order valence-electron chi connectivity index (χ0n) is 14.9. The lowest BCUT2D eigenvalue weighted by atomic mass is 9.94. The van der Waals surface area contributed by atoms with E-state index < -0.39 is 0 Å². The van der Waals surface area contributed by atoms with Crippen LogP contribution in [0.15, 0.2) is 29.3 Å². The summed E-state index contributed by atoms with van der Waals surface area (Å²) >= 11 is 6.17. The van der Waals surface area contributed by atoms with Crippen LogP contribution in [0.1, 0.15) is 39.2 Å². The van der Waals surface area contributed by atoms with Crippen molar-refractivity contribution in [1.29, 1.82) is 0 Å². The van der Waals surface area contributed by atoms with E-state index in [1.54, 1.807) is 0 Å². The fourth-order valence-corrected chi connectivity index (χ4v) is 2.72. The summed E-state index contributed by atoms with van der Waals surface area (Å²) in [6.07, 6.45) is 1.91. The van der Waals surface area contributed by atoms with E-state index in [0.717, 1.165) is 42.5 Å². The maximum Gasteiger partial charge on any atom is 0.191 e. The molecule has 4 nitrogen and oxygen atoms in total. The molecule has 0 spiro atoms. The third-order valence-corrected chi connectivity index (χ3v) is 3.98. The Hall–Kier alpha value is -0.530. The Morgan fingerprint density at radius 1 is 1.25 bits per heavy atom. The van der Waals surface area contributed by atoms with Gasteiger partial charge in [0.05, 0.1) is 6.54 Å². The Labute approximate surface area is 168 Å². The van der Waals surface area contributed by atoms with E-state index in [0.29, 0.717) is 18.4 Å². The minimum atomic E-state index is 0. The normalized spacial score (nSPS) is 12.7. The molecule has 0 aliphatic rings. The van der Waals surface area contributed by atoms with E-state index in [4.69, 9.17) is 11.6 Å². The number of benzene rings is 1. The molecular weight excluding hydrogens is 437 g/mol. The van der Waals surface area contributed by atoms with Gasteiger partial charge in [0.25, 0.3) is 0 Å². The number of nitrogens with one attached hydrogen (secondary N) is 2. The summed E-state index contributed by atoms with van der Waals surface area (Å²) < 4.78 is 0. The van der Waals surface area contributed by atoms with Gasteiger partial charge in [-0.2, -0.15) is 0 Å². The van der Waals surface area contributed by atoms with Crippen molar-refractivity contribution in [2.75, 3.05) is 19.7 Å². The van der Waals surface area contributed by atoms with Gasteiger partial charge in [0.1, 0.15) is 0 Å². The number of hydrogen-bond donors (Lipinski definition) is 3. The number of nitrogens with zero attached hydrogens (tertiary/aromatic N) is 1. The molecule has 0 fully saturated rings. The first-order chi connectivity index (χ1) is 11.1. The molecule has 1 unspecified atom stereocenters. The summed E-state index contributed by atoms with van der Waals surface area (Å²) in [5.74, 6) is 1.86. The number of aliphatic hydroxyl groups is 1. The van der Waals surface area contributed by atoms with Crippen molar-refractivity contribution >= 4 is 41.5 Å². The van der Waals surface area contributed by atoms with Crippen LogP contribution in [0.2, 0.25) is 5.02 Å². The van der Waals surface area contributed by atoms with Crippen LogP contribution in [0.3, 0.4) is 0 Å². The summed E-state index contributed by atoms with van der Waals surface area (Å²) in [5.41, 5.74) is 1.01. The smallest absolute Gasteiger partial charge is 0.191 e. The van der Waals surface area contributed by atoms with Crippen molar-refractivity contribution in [2.24, 2.45) is 16.8 Å². The highest BCUT2D eigenvalue weighted by Crippen LogP contribution is 2.16. The number of hydrogen-bond acceptors (Lipinski definition) is 2. The van der Waals surface area contributed by atoms with Crippen LogP contribution >= 0.6 is 35.6 Å². The van der Waals surface area contributed by atoms with Gasteiger partial charge in [-0.15, -0.1) is 24.0 Å². The molecular formula is C18H31ClIN3O. The van der Waals surface area contributed by atoms with E-state index in [2.05, 4.69) is 29.5 Å². The van der Waals surface area contributed by atoms with Crippen molar-refractivity contribution < 1.29 is 5.11 Å². The van der Waals surface area contributed by atoms with Gasteiger partial charge in [0, 0.05) is 24.7 Å². The van der Waals surface area contributed by atoms with Crippen LogP contribution in [0.5, 0.6) is 0 Å². The number of aliphatic imine (C=N–C) groups is 1. The third kappa shape index (κ3) is 9.69. The topological polar surface area (TPSA) is 56.7 Å². The van der Waals surface area contributed by atoms with Crippen LogP contribution in [0.4, 0.5) is 0 Å². The second-order valence-electron chi connectivity index (χ2n) is 6.18. The van der Waals surface area contributed by atoms with Crippen LogP contribution in [-0.4, -0.2) is 30.8 Å². The number of aliphatic hydroxyl groups excluding tert-OH is 1. The maximum absolute atomic E-state index is 9.21. The molecule has 0 amide bonds. The van der Waals surface area contributed by atoms with Gasteiger partial charge in [-0.1, -0.05) is 43.6 Å². The molecule has 0 radical (unpaired) electrons. The van der Waals surface area contributed by atoms with E-state index in [1.807, 2.05) is 31.2 Å². The third-order valence-electron chi connectivity index (χ3n) is 3.61. The molecule has 6 heteroatoms. The maximum atomic E-state index is 9.21. The van der Waals surface area contributed by atoms with E-state index in [-0.39, 0.29) is 30.6 Å². The van der Waals surface area contributed by atoms with Crippen molar-refractivity contribution in [3.8, 4) is 0 Å². The van der Waals surface area contributed by atoms with Gasteiger partial charge in [-0.3, -0.25) is 0 Å². The largest absolute Gasteiger partial charge is 0.396 e. The van der Waals surface area contributed by atoms with Gasteiger partial charge in [0.2, 0.25) is 0 Å². The van der Waals surface area contributed by atoms with Gasteiger partial charge >= 0.3 is 0 Å². The molecule has 0 saturated carbocycles. The zero-order valence-corrected chi connectivity index (χ0v) is 18.0. The summed E-state index contributed by atoms with van der Waals surface area (Å²) in [4.78, 5) is 4.60. The van der Waals surface area contributed by atoms with Gasteiger partial charge < -0.3 is 15.7 Å². The summed E-state index contributed by atoms with van der Waals surface area (Å²) in [5, 5.41) is 16.6. The molecule has 138 valence electrons. The Morgan fingerprint density at radius 3 is 2.54 bits per heavy atom. The minimum Gasteiger partial charge on any atom is -0.396 e. The molecule has 0 aromatic heterocycles. The number of rotatable bonds is 9. The first kappa shape index (κ1) is 23.5. The Balaban J connectivity index is 0.00000529. The van der Waals surface area contributed by atoms with Crippen molar-refractivity contribution in [3.05, 3.63) is 34.9 Å². The van der Waals surface area contributed by atoms with Crippen LogP contribution in [0, 0.1) is 11.8 Å². The predicted molar refractivity (Wildman–Crippen MR) is 114 cm³/mol. The zero-order chi connectivity index (χ0) is 17.1. The lowest BCUT2D eigenvalue weighted by molar-refractivity contribution is 0.243. The Bertz CT molecular complexity index is 483. The van der Waals surface area contributed by atoms with Crippen LogP contribution < -0.4 is 10.6 Å². The molecule has 24 heavy (non-hydrogen) atoms. The monoisotopic (exact) mass is 467 g/mol. The van der Waals surface area contributed by atoms with E-state index in [1.165, 1.54) is 0 Å². The molecule has 0 aliphatic carbocycles. The predicted octanol–water partition coefficient (Wildman–Crippen LogP) is 4.06. The molecule has 1 atom stereocenters. The fourth-order valence-electron chi connectivity index (χ4n) is 2.53. The SMILES string of the molecule is CCNC(=NCc1ccccc1Cl)NCC(CCO)CC(C)C.I. The van der Waals surface area contributed by atoms with Crippen molar-refractivity contribution in [3.63, 3.8) is 0 Å². The number of guanidine groups is 1. The standard InChI is InChI=1S/C18H30ClN3O.HI/c1-4-20-18(21-12-15(9-10-23)11-14(2)3)22-13-16-7-5-6-8-17(16)19;/h5-8,14-15,23H,4,9-13H2,1-3H3,(H2,20,21,22);1H. The lowest BCUT2D eigenvalue weighted by Gasteiger charge is -2.20. The minimum absolute atomic E-state index is 0. The molecule has 1 aromatic rings. The highest BCUT2D eigenvalue weighted by atomic mass is 127. The molecule has 1 rings (SSSR count). The molecule has 0 saturated heterocycles. The van der Waals surface area contributed by atoms with Crippen LogP contribution in [-0.2, 0) is 6.54 Å². The molecule has 0 bridgehead atoms. The second-order valence-corrected chi connectivity index (χ2v) is 6.58. The highest BCUT2D eigenvalue weighted by Gasteiger charge is 2.11. The quantitative estimate of drug-likeness (QED) is 0.292. The molecule has 1 aromatic carbocycles. The Kier molecular flexibility index (Phi) is 13.4. The molecule has 0 heterocycles. The summed E-state index contributed by atoms with van der Waals surface area (Å²) in [6, 6.07) is 7.76. The van der Waals surface area contributed by atoms with Gasteiger partial charge in [0.15, 0.2) is 5.96 Å². The van der Waals surface area contributed by atoms with Crippen molar-refractivity contribution in [2.45, 2.75) is 40.2 Å². The molecule has 0 aliphatic heterocycles. The summed E-state index contributed by atoms with van der Waals surface area (Å²) in [7, 11) is 0. The average molecular weight is 468 g/mol. The van der Waals surface area contributed by atoms with E-state index in [9.17, 15) is 5.11 Å². The highest BCUT2D eigenvalue weighted by molar-refractivity contribution is 14.0.